The summed E-state index contributed by atoms with van der Waals surface area (Å²) in [5.74, 6) is -0.516. The van der Waals surface area contributed by atoms with Crippen LogP contribution in [0.15, 0.2) is 30.3 Å². The predicted octanol–water partition coefficient (Wildman–Crippen LogP) is 1.44. The molecule has 0 saturated heterocycles. The molecular formula is C12H17NO3. The molecule has 0 heterocycles. The zero-order chi connectivity index (χ0) is 11.8. The van der Waals surface area contributed by atoms with Gasteiger partial charge in [-0.25, -0.2) is 4.79 Å². The fourth-order valence-corrected chi connectivity index (χ4v) is 1.26. The van der Waals surface area contributed by atoms with E-state index in [1.807, 2.05) is 30.3 Å². The van der Waals surface area contributed by atoms with E-state index in [4.69, 9.17) is 5.73 Å². The standard InChI is InChI=1S/C12H17NO3/c1-2-15-16-12(14)11(13)9-8-10-6-4-3-5-7-10/h3-7,11H,2,8-9,13H2,1H3/t11-/m0/s1. The van der Waals surface area contributed by atoms with Crippen LogP contribution in [-0.4, -0.2) is 18.6 Å². The van der Waals surface area contributed by atoms with Crippen molar-refractivity contribution in [3.63, 3.8) is 0 Å². The monoisotopic (exact) mass is 223 g/mol. The fraction of sp³-hybridized carbons (Fsp3) is 0.417. The van der Waals surface area contributed by atoms with Crippen LogP contribution in [-0.2, 0) is 21.0 Å². The van der Waals surface area contributed by atoms with E-state index in [0.29, 0.717) is 13.0 Å². The van der Waals surface area contributed by atoms with Gasteiger partial charge in [-0.05, 0) is 25.3 Å². The third-order valence-electron chi connectivity index (χ3n) is 2.15. The zero-order valence-electron chi connectivity index (χ0n) is 9.39. The summed E-state index contributed by atoms with van der Waals surface area (Å²) in [7, 11) is 0. The third-order valence-corrected chi connectivity index (χ3v) is 2.15. The molecule has 0 spiro atoms. The molecule has 88 valence electrons. The lowest BCUT2D eigenvalue weighted by Crippen LogP contribution is -2.32. The number of hydrogen-bond acceptors (Lipinski definition) is 4. The van der Waals surface area contributed by atoms with Crippen molar-refractivity contribution in [2.45, 2.75) is 25.8 Å². The van der Waals surface area contributed by atoms with Gasteiger partial charge in [-0.1, -0.05) is 30.3 Å². The van der Waals surface area contributed by atoms with E-state index in [9.17, 15) is 4.79 Å². The number of aryl methyl sites for hydroxylation is 1. The minimum absolute atomic E-state index is 0.331. The summed E-state index contributed by atoms with van der Waals surface area (Å²) in [5, 5.41) is 0. The number of carbonyl (C=O) groups excluding carboxylic acids is 1. The van der Waals surface area contributed by atoms with Crippen molar-refractivity contribution in [2.24, 2.45) is 5.73 Å². The van der Waals surface area contributed by atoms with Gasteiger partial charge in [0.2, 0.25) is 0 Å². The normalized spacial score (nSPS) is 12.1. The third kappa shape index (κ3) is 4.42. The molecule has 0 aliphatic rings. The molecule has 0 aromatic heterocycles. The first-order chi connectivity index (χ1) is 7.74. The van der Waals surface area contributed by atoms with E-state index in [0.717, 1.165) is 12.0 Å². The molecule has 0 saturated carbocycles. The summed E-state index contributed by atoms with van der Waals surface area (Å²) in [5.41, 5.74) is 6.81. The number of nitrogens with two attached hydrogens (primary N) is 1. The van der Waals surface area contributed by atoms with Gasteiger partial charge in [0.25, 0.3) is 0 Å². The van der Waals surface area contributed by atoms with Crippen molar-refractivity contribution in [2.75, 3.05) is 6.61 Å². The van der Waals surface area contributed by atoms with Crippen LogP contribution in [0.1, 0.15) is 18.9 Å². The minimum atomic E-state index is -0.633. The van der Waals surface area contributed by atoms with Crippen LogP contribution in [0, 0.1) is 0 Å². The second-order valence-corrected chi connectivity index (χ2v) is 3.44. The van der Waals surface area contributed by atoms with E-state index in [2.05, 4.69) is 9.78 Å². The van der Waals surface area contributed by atoms with E-state index < -0.39 is 12.0 Å². The van der Waals surface area contributed by atoms with Crippen LogP contribution < -0.4 is 5.73 Å². The van der Waals surface area contributed by atoms with Crippen molar-refractivity contribution in [1.29, 1.82) is 0 Å². The quantitative estimate of drug-likeness (QED) is 0.585. The largest absolute Gasteiger partial charge is 0.358 e. The Morgan fingerprint density at radius 1 is 1.38 bits per heavy atom. The van der Waals surface area contributed by atoms with Crippen LogP contribution in [0.4, 0.5) is 0 Å². The van der Waals surface area contributed by atoms with Crippen molar-refractivity contribution in [3.8, 4) is 0 Å². The zero-order valence-corrected chi connectivity index (χ0v) is 9.39. The van der Waals surface area contributed by atoms with E-state index >= 15 is 0 Å². The summed E-state index contributed by atoms with van der Waals surface area (Å²) >= 11 is 0. The number of rotatable bonds is 6. The van der Waals surface area contributed by atoms with Crippen molar-refractivity contribution < 1.29 is 14.6 Å². The molecule has 1 atom stereocenters. The van der Waals surface area contributed by atoms with Gasteiger partial charge in [-0.3, -0.25) is 4.89 Å². The van der Waals surface area contributed by atoms with Crippen LogP contribution >= 0.6 is 0 Å². The highest BCUT2D eigenvalue weighted by atomic mass is 17.2. The smallest absolute Gasteiger partial charge is 0.318 e. The Hall–Kier alpha value is -1.39. The van der Waals surface area contributed by atoms with Crippen LogP contribution in [0.5, 0.6) is 0 Å². The first kappa shape index (κ1) is 12.7. The van der Waals surface area contributed by atoms with E-state index in [1.54, 1.807) is 6.92 Å². The van der Waals surface area contributed by atoms with E-state index in [-0.39, 0.29) is 0 Å². The molecule has 4 heteroatoms. The van der Waals surface area contributed by atoms with Crippen LogP contribution in [0.25, 0.3) is 0 Å². The Morgan fingerprint density at radius 2 is 2.06 bits per heavy atom. The van der Waals surface area contributed by atoms with Crippen molar-refractivity contribution in [3.05, 3.63) is 35.9 Å². The van der Waals surface area contributed by atoms with Crippen LogP contribution in [0.2, 0.25) is 0 Å². The second kappa shape index (κ2) is 6.98. The summed E-state index contributed by atoms with van der Waals surface area (Å²) in [6.45, 7) is 2.07. The number of hydrogen-bond donors (Lipinski definition) is 1. The Labute approximate surface area is 95.3 Å². The van der Waals surface area contributed by atoms with Gasteiger partial charge in [0.1, 0.15) is 6.04 Å². The Balaban J connectivity index is 2.29. The lowest BCUT2D eigenvalue weighted by atomic mass is 10.1. The summed E-state index contributed by atoms with van der Waals surface area (Å²) < 4.78 is 0. The van der Waals surface area contributed by atoms with Gasteiger partial charge in [0, 0.05) is 0 Å². The summed E-state index contributed by atoms with van der Waals surface area (Å²) in [4.78, 5) is 20.3. The minimum Gasteiger partial charge on any atom is -0.318 e. The van der Waals surface area contributed by atoms with Gasteiger partial charge in [0.15, 0.2) is 0 Å². The molecule has 0 bridgehead atoms. The summed E-state index contributed by atoms with van der Waals surface area (Å²) in [6.07, 6.45) is 1.30. The highest BCUT2D eigenvalue weighted by molar-refractivity contribution is 5.74. The van der Waals surface area contributed by atoms with Crippen molar-refractivity contribution in [1.82, 2.24) is 0 Å². The average Bonchev–Trinajstić information content (AvgIpc) is 2.34. The maximum Gasteiger partial charge on any atom is 0.358 e. The molecular weight excluding hydrogens is 206 g/mol. The molecule has 2 N–H and O–H groups in total. The molecule has 0 aliphatic carbocycles. The Kier molecular flexibility index (Phi) is 5.53. The Morgan fingerprint density at radius 3 is 2.69 bits per heavy atom. The summed E-state index contributed by atoms with van der Waals surface area (Å²) in [6, 6.07) is 9.24. The van der Waals surface area contributed by atoms with Gasteiger partial charge in [-0.2, -0.15) is 4.89 Å². The molecule has 0 unspecified atom stereocenters. The first-order valence-corrected chi connectivity index (χ1v) is 5.37. The van der Waals surface area contributed by atoms with E-state index in [1.165, 1.54) is 0 Å². The first-order valence-electron chi connectivity index (χ1n) is 5.37. The van der Waals surface area contributed by atoms with Gasteiger partial charge in [0.05, 0.1) is 6.61 Å². The number of benzene rings is 1. The fourth-order valence-electron chi connectivity index (χ4n) is 1.26. The van der Waals surface area contributed by atoms with Gasteiger partial charge in [-0.15, -0.1) is 0 Å². The molecule has 1 aromatic carbocycles. The molecule has 0 aliphatic heterocycles. The molecule has 0 fully saturated rings. The molecule has 1 aromatic rings. The van der Waals surface area contributed by atoms with Gasteiger partial charge < -0.3 is 5.73 Å². The SMILES string of the molecule is CCOOC(=O)[C@@H](N)CCc1ccccc1. The Bertz CT molecular complexity index is 313. The van der Waals surface area contributed by atoms with Crippen molar-refractivity contribution >= 4 is 5.97 Å². The predicted molar refractivity (Wildman–Crippen MR) is 60.5 cm³/mol. The molecule has 0 amide bonds. The molecule has 0 radical (unpaired) electrons. The molecule has 4 nitrogen and oxygen atoms in total. The average molecular weight is 223 g/mol. The lowest BCUT2D eigenvalue weighted by Gasteiger charge is -2.09. The maximum atomic E-state index is 11.3. The highest BCUT2D eigenvalue weighted by Crippen LogP contribution is 2.04. The molecule has 1 rings (SSSR count). The molecule has 16 heavy (non-hydrogen) atoms. The van der Waals surface area contributed by atoms with Gasteiger partial charge >= 0.3 is 5.97 Å². The highest BCUT2D eigenvalue weighted by Gasteiger charge is 2.15. The van der Waals surface area contributed by atoms with Crippen LogP contribution in [0.3, 0.4) is 0 Å². The maximum absolute atomic E-state index is 11.3. The second-order valence-electron chi connectivity index (χ2n) is 3.44. The number of carbonyl (C=O) groups is 1. The topological polar surface area (TPSA) is 61.5 Å². The lowest BCUT2D eigenvalue weighted by molar-refractivity contribution is -0.270.